The molecule has 0 fully saturated rings. The van der Waals surface area contributed by atoms with E-state index in [1.807, 2.05) is 36.4 Å². The number of ether oxygens (including phenoxy) is 3. The van der Waals surface area contributed by atoms with Crippen molar-refractivity contribution < 1.29 is 23.8 Å². The zero-order chi connectivity index (χ0) is 23.2. The smallest absolute Gasteiger partial charge is 0.251 e. The first-order valence-electron chi connectivity index (χ1n) is 10.4. The second kappa shape index (κ2) is 9.91. The maximum absolute atomic E-state index is 13.2. The van der Waals surface area contributed by atoms with Crippen LogP contribution in [-0.2, 0) is 9.59 Å². The first kappa shape index (κ1) is 22.0. The lowest BCUT2D eigenvalue weighted by Gasteiger charge is -2.27. The van der Waals surface area contributed by atoms with Crippen molar-refractivity contribution in [2.24, 2.45) is 0 Å². The summed E-state index contributed by atoms with van der Waals surface area (Å²) in [7, 11) is 3.19. The van der Waals surface area contributed by atoms with Crippen LogP contribution in [0.25, 0.3) is 6.08 Å². The van der Waals surface area contributed by atoms with Crippen LogP contribution in [0.3, 0.4) is 0 Å². The fourth-order valence-corrected chi connectivity index (χ4v) is 3.50. The molecular weight excluding hydrogens is 420 g/mol. The van der Waals surface area contributed by atoms with Gasteiger partial charge < -0.3 is 24.4 Å². The summed E-state index contributed by atoms with van der Waals surface area (Å²) in [4.78, 5) is 27.6. The standard InChI is InChI=1S/C26H24N2O5/c1-28(24(29)15-9-18-8-14-22-23(16-18)33-17-32-22)25(19-6-4-3-5-7-19)26(30)27-20-10-12-21(31-2)13-11-20/h3-16,25H,17H2,1-2H3,(H,27,30)/b15-9-/t25-/m1/s1. The number of nitrogens with zero attached hydrogens (tertiary/aromatic N) is 1. The Morgan fingerprint density at radius 1 is 1.00 bits per heavy atom. The Bertz CT molecular complexity index is 1160. The molecule has 0 aliphatic carbocycles. The van der Waals surface area contributed by atoms with Crippen molar-refractivity contribution in [1.82, 2.24) is 4.90 Å². The number of fused-ring (bicyclic) bond motifs is 1. The molecule has 0 bridgehead atoms. The number of hydrogen-bond acceptors (Lipinski definition) is 5. The first-order valence-corrected chi connectivity index (χ1v) is 10.4. The van der Waals surface area contributed by atoms with Gasteiger partial charge in [0.25, 0.3) is 5.91 Å². The third kappa shape index (κ3) is 5.15. The van der Waals surface area contributed by atoms with E-state index in [9.17, 15) is 9.59 Å². The number of rotatable bonds is 7. The maximum Gasteiger partial charge on any atom is 0.251 e. The zero-order valence-electron chi connectivity index (χ0n) is 18.4. The van der Waals surface area contributed by atoms with Gasteiger partial charge in [-0.1, -0.05) is 36.4 Å². The number of hydrogen-bond donors (Lipinski definition) is 1. The molecule has 4 rings (SSSR count). The lowest BCUT2D eigenvalue weighted by Crippen LogP contribution is -2.37. The van der Waals surface area contributed by atoms with Crippen LogP contribution in [0, 0.1) is 0 Å². The topological polar surface area (TPSA) is 77.1 Å². The van der Waals surface area contributed by atoms with Crippen LogP contribution in [-0.4, -0.2) is 37.7 Å². The molecule has 0 saturated heterocycles. The molecule has 1 aliphatic heterocycles. The van der Waals surface area contributed by atoms with Gasteiger partial charge in [-0.15, -0.1) is 0 Å². The fraction of sp³-hybridized carbons (Fsp3) is 0.154. The average Bonchev–Trinajstić information content (AvgIpc) is 3.32. The van der Waals surface area contributed by atoms with Crippen LogP contribution >= 0.6 is 0 Å². The molecule has 7 heteroatoms. The quantitative estimate of drug-likeness (QED) is 0.551. The highest BCUT2D eigenvalue weighted by atomic mass is 16.7. The van der Waals surface area contributed by atoms with Gasteiger partial charge in [0.2, 0.25) is 12.7 Å². The van der Waals surface area contributed by atoms with Gasteiger partial charge in [0, 0.05) is 18.8 Å². The number of likely N-dealkylation sites (N-methyl/N-ethyl adjacent to an activating group) is 1. The molecule has 2 amide bonds. The maximum atomic E-state index is 13.2. The number of benzene rings is 3. The SMILES string of the molecule is COc1ccc(NC(=O)[C@@H](c2ccccc2)N(C)C(=O)/C=C\c2ccc3c(c2)OCO3)cc1. The minimum absolute atomic E-state index is 0.187. The van der Waals surface area contributed by atoms with Gasteiger partial charge in [-0.2, -0.15) is 0 Å². The fourth-order valence-electron chi connectivity index (χ4n) is 3.50. The summed E-state index contributed by atoms with van der Waals surface area (Å²) in [5, 5.41) is 2.89. The molecule has 33 heavy (non-hydrogen) atoms. The van der Waals surface area contributed by atoms with Crippen molar-refractivity contribution >= 4 is 23.6 Å². The minimum atomic E-state index is -0.817. The number of carbonyl (C=O) groups is 2. The number of anilines is 1. The van der Waals surface area contributed by atoms with Gasteiger partial charge >= 0.3 is 0 Å². The van der Waals surface area contributed by atoms with Crippen molar-refractivity contribution in [3.63, 3.8) is 0 Å². The van der Waals surface area contributed by atoms with Gasteiger partial charge in [0.15, 0.2) is 11.5 Å². The minimum Gasteiger partial charge on any atom is -0.497 e. The van der Waals surface area contributed by atoms with E-state index >= 15 is 0 Å². The van der Waals surface area contributed by atoms with Crippen molar-refractivity contribution in [3.05, 3.63) is 90.0 Å². The van der Waals surface area contributed by atoms with Crippen LogP contribution in [0.2, 0.25) is 0 Å². The van der Waals surface area contributed by atoms with E-state index in [4.69, 9.17) is 14.2 Å². The Balaban J connectivity index is 1.53. The Morgan fingerprint density at radius 2 is 1.73 bits per heavy atom. The highest BCUT2D eigenvalue weighted by Gasteiger charge is 2.27. The molecule has 0 saturated carbocycles. The Kier molecular flexibility index (Phi) is 6.59. The normalized spacial score (nSPS) is 12.9. The molecule has 0 spiro atoms. The van der Waals surface area contributed by atoms with E-state index in [1.54, 1.807) is 56.6 Å². The highest BCUT2D eigenvalue weighted by molar-refractivity contribution is 6.00. The van der Waals surface area contributed by atoms with E-state index in [0.29, 0.717) is 28.5 Å². The average molecular weight is 444 g/mol. The molecule has 7 nitrogen and oxygen atoms in total. The van der Waals surface area contributed by atoms with Crippen molar-refractivity contribution in [1.29, 1.82) is 0 Å². The number of carbonyl (C=O) groups excluding carboxylic acids is 2. The first-order chi connectivity index (χ1) is 16.0. The molecule has 0 radical (unpaired) electrons. The van der Waals surface area contributed by atoms with Crippen LogP contribution in [0.4, 0.5) is 5.69 Å². The highest BCUT2D eigenvalue weighted by Crippen LogP contribution is 2.33. The monoisotopic (exact) mass is 444 g/mol. The molecular formula is C26H24N2O5. The lowest BCUT2D eigenvalue weighted by molar-refractivity contribution is -0.133. The molecule has 1 aliphatic rings. The molecule has 3 aromatic carbocycles. The van der Waals surface area contributed by atoms with Crippen LogP contribution in [0.15, 0.2) is 78.9 Å². The predicted molar refractivity (Wildman–Crippen MR) is 125 cm³/mol. The number of amides is 2. The van der Waals surface area contributed by atoms with E-state index in [2.05, 4.69) is 5.32 Å². The molecule has 3 aromatic rings. The second-order valence-corrected chi connectivity index (χ2v) is 7.43. The van der Waals surface area contributed by atoms with Crippen molar-refractivity contribution in [2.45, 2.75) is 6.04 Å². The Hall–Kier alpha value is -4.26. The summed E-state index contributed by atoms with van der Waals surface area (Å²) in [5.74, 6) is 1.37. The third-order valence-corrected chi connectivity index (χ3v) is 5.27. The number of methoxy groups -OCH3 is 1. The van der Waals surface area contributed by atoms with Gasteiger partial charge in [-0.05, 0) is 53.6 Å². The molecule has 1 atom stereocenters. The van der Waals surface area contributed by atoms with Gasteiger partial charge in [-0.3, -0.25) is 9.59 Å². The summed E-state index contributed by atoms with van der Waals surface area (Å²) in [6.45, 7) is 0.187. The van der Waals surface area contributed by atoms with Crippen LogP contribution in [0.1, 0.15) is 17.2 Å². The summed E-state index contributed by atoms with van der Waals surface area (Å²) in [6.07, 6.45) is 3.12. The summed E-state index contributed by atoms with van der Waals surface area (Å²) in [5.41, 5.74) is 2.11. The van der Waals surface area contributed by atoms with Gasteiger partial charge in [0.05, 0.1) is 7.11 Å². The molecule has 0 unspecified atom stereocenters. The molecule has 0 aromatic heterocycles. The number of nitrogens with one attached hydrogen (secondary N) is 1. The van der Waals surface area contributed by atoms with Crippen molar-refractivity contribution in [2.75, 3.05) is 26.3 Å². The molecule has 1 heterocycles. The van der Waals surface area contributed by atoms with E-state index in [0.717, 1.165) is 5.56 Å². The van der Waals surface area contributed by atoms with Crippen LogP contribution in [0.5, 0.6) is 17.2 Å². The Morgan fingerprint density at radius 3 is 2.45 bits per heavy atom. The van der Waals surface area contributed by atoms with Gasteiger partial charge in [0.1, 0.15) is 11.8 Å². The largest absolute Gasteiger partial charge is 0.497 e. The van der Waals surface area contributed by atoms with Crippen molar-refractivity contribution in [3.8, 4) is 17.2 Å². The van der Waals surface area contributed by atoms with E-state index in [1.165, 1.54) is 11.0 Å². The van der Waals surface area contributed by atoms with Crippen LogP contribution < -0.4 is 19.5 Å². The molecule has 168 valence electrons. The predicted octanol–water partition coefficient (Wildman–Crippen LogP) is 4.28. The Labute approximate surface area is 192 Å². The zero-order valence-corrected chi connectivity index (χ0v) is 18.4. The van der Waals surface area contributed by atoms with Gasteiger partial charge in [-0.25, -0.2) is 0 Å². The lowest BCUT2D eigenvalue weighted by atomic mass is 10.0. The third-order valence-electron chi connectivity index (χ3n) is 5.27. The summed E-state index contributed by atoms with van der Waals surface area (Å²) in [6, 6.07) is 20.8. The summed E-state index contributed by atoms with van der Waals surface area (Å²) < 4.78 is 15.9. The summed E-state index contributed by atoms with van der Waals surface area (Å²) >= 11 is 0. The second-order valence-electron chi connectivity index (χ2n) is 7.43. The molecule has 1 N–H and O–H groups in total. The van der Waals surface area contributed by atoms with E-state index in [-0.39, 0.29) is 18.6 Å². The van der Waals surface area contributed by atoms with E-state index < -0.39 is 6.04 Å².